The fourth-order valence-corrected chi connectivity index (χ4v) is 4.58. The topological polar surface area (TPSA) is 116 Å². The lowest BCUT2D eigenvalue weighted by atomic mass is 10.1. The van der Waals surface area contributed by atoms with Crippen molar-refractivity contribution in [3.63, 3.8) is 0 Å². The Kier molecular flexibility index (Phi) is 6.50. The summed E-state index contributed by atoms with van der Waals surface area (Å²) < 4.78 is 41.7. The van der Waals surface area contributed by atoms with Gasteiger partial charge in [-0.25, -0.2) is 8.99 Å². The lowest BCUT2D eigenvalue weighted by molar-refractivity contribution is 0.0982. The van der Waals surface area contributed by atoms with Crippen LogP contribution in [0.3, 0.4) is 0 Å². The maximum absolute atomic E-state index is 13.2. The molecule has 0 unspecified atom stereocenters. The lowest BCUT2D eigenvalue weighted by Gasteiger charge is -2.18. The first-order valence-electron chi connectivity index (χ1n) is 9.27. The van der Waals surface area contributed by atoms with Crippen molar-refractivity contribution in [3.8, 4) is 17.2 Å². The summed E-state index contributed by atoms with van der Waals surface area (Å²) in [4.78, 5) is 12.8. The van der Waals surface area contributed by atoms with Gasteiger partial charge in [-0.2, -0.15) is 5.10 Å². The molecule has 2 N–H and O–H groups in total. The van der Waals surface area contributed by atoms with Gasteiger partial charge in [0.2, 0.25) is 0 Å². The first-order chi connectivity index (χ1) is 14.8. The van der Waals surface area contributed by atoms with Crippen molar-refractivity contribution >= 4 is 15.8 Å². The monoisotopic (exact) mass is 444 g/mol. The number of aryl methyl sites for hydroxylation is 1. The highest BCUT2D eigenvalue weighted by atomic mass is 32.2. The zero-order valence-electron chi connectivity index (χ0n) is 17.7. The molecule has 164 valence electrons. The van der Waals surface area contributed by atoms with Crippen molar-refractivity contribution in [1.29, 1.82) is 4.78 Å². The van der Waals surface area contributed by atoms with Gasteiger partial charge >= 0.3 is 0 Å². The number of carbonyl (C=O) groups excluding carboxylic acids is 1. The van der Waals surface area contributed by atoms with Gasteiger partial charge in [0, 0.05) is 23.5 Å². The van der Waals surface area contributed by atoms with E-state index in [0.29, 0.717) is 17.9 Å². The van der Waals surface area contributed by atoms with Crippen molar-refractivity contribution in [2.24, 2.45) is 0 Å². The molecule has 2 aromatic carbocycles. The second-order valence-corrected chi connectivity index (χ2v) is 8.39. The molecule has 10 heteroatoms. The third-order valence-corrected chi connectivity index (χ3v) is 6.10. The summed E-state index contributed by atoms with van der Waals surface area (Å²) in [7, 11) is 0.514. The summed E-state index contributed by atoms with van der Waals surface area (Å²) in [6, 6.07) is 9.97. The molecule has 31 heavy (non-hydrogen) atoms. The van der Waals surface area contributed by atoms with Crippen molar-refractivity contribution in [1.82, 2.24) is 14.5 Å². The van der Waals surface area contributed by atoms with E-state index in [9.17, 15) is 9.00 Å². The number of ether oxygens (including phenoxy) is 3. The molecule has 0 spiro atoms. The van der Waals surface area contributed by atoms with E-state index in [1.807, 2.05) is 12.3 Å². The zero-order valence-corrected chi connectivity index (χ0v) is 18.5. The summed E-state index contributed by atoms with van der Waals surface area (Å²) in [5.41, 5.74) is 1.68. The Morgan fingerprint density at radius 3 is 2.48 bits per heavy atom. The molecular formula is C21H24N4O5S. The third-order valence-electron chi connectivity index (χ3n) is 4.66. The van der Waals surface area contributed by atoms with Gasteiger partial charge in [-0.1, -0.05) is 12.1 Å². The van der Waals surface area contributed by atoms with Crippen molar-refractivity contribution in [2.75, 3.05) is 21.3 Å². The number of hydrogen-bond acceptors (Lipinski definition) is 7. The van der Waals surface area contributed by atoms with Crippen LogP contribution >= 0.6 is 0 Å². The van der Waals surface area contributed by atoms with Crippen LogP contribution in [0.2, 0.25) is 0 Å². The van der Waals surface area contributed by atoms with Gasteiger partial charge in [-0.3, -0.25) is 14.2 Å². The van der Waals surface area contributed by atoms with Gasteiger partial charge in [0.1, 0.15) is 17.2 Å². The number of nitrogens with zero attached hydrogens (tertiary/aromatic N) is 2. The molecular weight excluding hydrogens is 420 g/mol. The average Bonchev–Trinajstić information content (AvgIpc) is 3.26. The van der Waals surface area contributed by atoms with Crippen LogP contribution < -0.4 is 18.9 Å². The number of rotatable bonds is 8. The summed E-state index contributed by atoms with van der Waals surface area (Å²) in [5.74, 6) is 0.210. The molecule has 0 saturated carbocycles. The molecule has 1 aromatic heterocycles. The summed E-state index contributed by atoms with van der Waals surface area (Å²) in [5, 5.41) is 4.16. The third kappa shape index (κ3) is 4.64. The Morgan fingerprint density at radius 2 is 1.87 bits per heavy atom. The highest BCUT2D eigenvalue weighted by Gasteiger charge is 2.26. The van der Waals surface area contributed by atoms with Crippen LogP contribution in [-0.4, -0.2) is 41.2 Å². The molecule has 1 heterocycles. The van der Waals surface area contributed by atoms with Gasteiger partial charge in [-0.15, -0.1) is 0 Å². The Morgan fingerprint density at radius 1 is 1.13 bits per heavy atom. The largest absolute Gasteiger partial charge is 0.496 e. The minimum Gasteiger partial charge on any atom is -0.496 e. The van der Waals surface area contributed by atoms with E-state index < -0.39 is 15.8 Å². The van der Waals surface area contributed by atoms with E-state index >= 15 is 0 Å². The smallest absolute Gasteiger partial charge is 0.263 e. The molecule has 3 rings (SSSR count). The predicted molar refractivity (Wildman–Crippen MR) is 115 cm³/mol. The Balaban J connectivity index is 1.92. The number of amides is 1. The molecule has 1 amide bonds. The number of carbonyl (C=O) groups is 1. The normalized spacial score (nSPS) is 12.6. The second-order valence-electron chi connectivity index (χ2n) is 6.66. The van der Waals surface area contributed by atoms with Crippen LogP contribution in [0.15, 0.2) is 53.7 Å². The molecule has 0 bridgehead atoms. The molecule has 0 aliphatic rings. The van der Waals surface area contributed by atoms with Gasteiger partial charge in [0.15, 0.2) is 14.8 Å². The van der Waals surface area contributed by atoms with E-state index in [2.05, 4.69) is 9.82 Å². The van der Waals surface area contributed by atoms with E-state index in [1.54, 1.807) is 42.1 Å². The number of nitrogens with one attached hydrogen (secondary N) is 2. The van der Waals surface area contributed by atoms with Crippen LogP contribution in [-0.2, 0) is 16.5 Å². The van der Waals surface area contributed by atoms with E-state index in [-0.39, 0.29) is 22.0 Å². The SMILES string of the molecule is COc1cc(C(=O)N[S@@](=N)(=O)c2c(OC)ccc(C)c2OC)ccc1Cn1cccn1. The van der Waals surface area contributed by atoms with Crippen molar-refractivity contribution in [3.05, 3.63) is 65.5 Å². The van der Waals surface area contributed by atoms with Crippen LogP contribution in [0.4, 0.5) is 0 Å². The molecule has 9 nitrogen and oxygen atoms in total. The van der Waals surface area contributed by atoms with E-state index in [4.69, 9.17) is 19.0 Å². The quantitative estimate of drug-likeness (QED) is 0.552. The highest BCUT2D eigenvalue weighted by molar-refractivity contribution is 7.91. The van der Waals surface area contributed by atoms with Crippen LogP contribution in [0.1, 0.15) is 21.5 Å². The highest BCUT2D eigenvalue weighted by Crippen LogP contribution is 2.36. The molecule has 1 atom stereocenters. The fourth-order valence-electron chi connectivity index (χ4n) is 3.16. The zero-order chi connectivity index (χ0) is 22.6. The average molecular weight is 445 g/mol. The van der Waals surface area contributed by atoms with E-state index in [0.717, 1.165) is 5.56 Å². The van der Waals surface area contributed by atoms with Gasteiger partial charge < -0.3 is 14.2 Å². The van der Waals surface area contributed by atoms with E-state index in [1.165, 1.54) is 27.4 Å². The molecule has 0 radical (unpaired) electrons. The van der Waals surface area contributed by atoms with Gasteiger partial charge in [-0.05, 0) is 36.8 Å². The van der Waals surface area contributed by atoms with Crippen LogP contribution in [0.25, 0.3) is 0 Å². The number of aromatic nitrogens is 2. The second kappa shape index (κ2) is 9.09. The first-order valence-corrected chi connectivity index (χ1v) is 10.8. The molecule has 3 aromatic rings. The molecule has 0 fully saturated rings. The van der Waals surface area contributed by atoms with Gasteiger partial charge in [0.25, 0.3) is 5.91 Å². The van der Waals surface area contributed by atoms with Gasteiger partial charge in [0.05, 0.1) is 27.9 Å². The molecule has 0 aliphatic carbocycles. The van der Waals surface area contributed by atoms with Crippen molar-refractivity contribution in [2.45, 2.75) is 18.4 Å². The minimum atomic E-state index is -3.79. The minimum absolute atomic E-state index is 0.0203. The molecule has 0 aliphatic heterocycles. The van der Waals surface area contributed by atoms with Crippen LogP contribution in [0, 0.1) is 11.7 Å². The fraction of sp³-hybridized carbons (Fsp3) is 0.238. The Hall–Kier alpha value is -3.53. The maximum atomic E-state index is 13.2. The molecule has 0 saturated heterocycles. The maximum Gasteiger partial charge on any atom is 0.263 e. The number of benzene rings is 2. The summed E-state index contributed by atoms with van der Waals surface area (Å²) >= 11 is 0. The Bertz CT molecular complexity index is 1190. The first kappa shape index (κ1) is 22.2. The van der Waals surface area contributed by atoms with Crippen LogP contribution in [0.5, 0.6) is 17.2 Å². The standard InChI is InChI=1S/C21H24N4O5S/c1-14-6-9-17(28-2)20(19(14)30-4)31(22,27)24-21(26)15-7-8-16(18(12-15)29-3)13-25-11-5-10-23-25/h5-12H,13H2,1-4H3,(H2,22,24,26,27)/t31-/m1/s1. The lowest BCUT2D eigenvalue weighted by Crippen LogP contribution is -2.30. The summed E-state index contributed by atoms with van der Waals surface area (Å²) in [6.45, 7) is 2.22. The number of hydrogen-bond donors (Lipinski definition) is 2. The Labute approximate surface area is 181 Å². The summed E-state index contributed by atoms with van der Waals surface area (Å²) in [6.07, 6.45) is 3.49. The number of methoxy groups -OCH3 is 3. The van der Waals surface area contributed by atoms with Crippen molar-refractivity contribution < 1.29 is 23.2 Å². The predicted octanol–water partition coefficient (Wildman–Crippen LogP) is 3.02.